The van der Waals surface area contributed by atoms with Crippen molar-refractivity contribution < 1.29 is 18.0 Å². The number of carbonyl (C=O) groups excluding carboxylic acids is 2. The summed E-state index contributed by atoms with van der Waals surface area (Å²) in [7, 11) is -3.36. The van der Waals surface area contributed by atoms with Crippen LogP contribution >= 0.6 is 0 Å². The monoisotopic (exact) mass is 429 g/mol. The van der Waals surface area contributed by atoms with Crippen LogP contribution in [0.1, 0.15) is 30.0 Å². The average molecular weight is 430 g/mol. The van der Waals surface area contributed by atoms with Gasteiger partial charge in [0.05, 0.1) is 17.4 Å². The Morgan fingerprint density at radius 2 is 1.83 bits per heavy atom. The molecule has 1 atom stereocenters. The van der Waals surface area contributed by atoms with Gasteiger partial charge in [0.15, 0.2) is 0 Å². The molecular weight excluding hydrogens is 402 g/mol. The molecule has 2 aromatic rings. The van der Waals surface area contributed by atoms with E-state index in [1.165, 1.54) is 0 Å². The molecule has 160 valence electrons. The molecule has 2 aromatic carbocycles. The van der Waals surface area contributed by atoms with E-state index in [1.807, 2.05) is 31.2 Å². The van der Waals surface area contributed by atoms with Crippen molar-refractivity contribution in [3.05, 3.63) is 59.2 Å². The molecule has 0 aliphatic carbocycles. The van der Waals surface area contributed by atoms with Crippen LogP contribution in [0.15, 0.2) is 42.5 Å². The summed E-state index contributed by atoms with van der Waals surface area (Å²) < 4.78 is 26.0. The van der Waals surface area contributed by atoms with Gasteiger partial charge in [0.1, 0.15) is 0 Å². The molecular formula is C22H27N3O4S. The largest absolute Gasteiger partial charge is 0.338 e. The van der Waals surface area contributed by atoms with Crippen LogP contribution in [-0.2, 0) is 26.2 Å². The fourth-order valence-electron chi connectivity index (χ4n) is 3.35. The number of sulfonamides is 1. The highest BCUT2D eigenvalue weighted by Crippen LogP contribution is 2.24. The van der Waals surface area contributed by atoms with Gasteiger partial charge in [-0.25, -0.2) is 8.42 Å². The minimum atomic E-state index is -3.36. The highest BCUT2D eigenvalue weighted by atomic mass is 32.2. The number of nitrogens with zero attached hydrogens (tertiary/aromatic N) is 1. The third-order valence-electron chi connectivity index (χ3n) is 5.22. The van der Waals surface area contributed by atoms with E-state index in [1.54, 1.807) is 36.9 Å². The lowest BCUT2D eigenvalue weighted by Crippen LogP contribution is -2.28. The summed E-state index contributed by atoms with van der Waals surface area (Å²) in [6.07, 6.45) is 0.186. The topological polar surface area (TPSA) is 95.6 Å². The van der Waals surface area contributed by atoms with E-state index >= 15 is 0 Å². The number of carbonyl (C=O) groups is 2. The minimum absolute atomic E-state index is 0.0142. The van der Waals surface area contributed by atoms with E-state index in [9.17, 15) is 18.0 Å². The number of nitrogens with one attached hydrogen (secondary N) is 2. The van der Waals surface area contributed by atoms with Gasteiger partial charge >= 0.3 is 0 Å². The van der Waals surface area contributed by atoms with Gasteiger partial charge in [-0.1, -0.05) is 29.8 Å². The Morgan fingerprint density at radius 1 is 1.13 bits per heavy atom. The first kappa shape index (κ1) is 21.8. The van der Waals surface area contributed by atoms with Crippen molar-refractivity contribution in [1.82, 2.24) is 4.90 Å². The highest BCUT2D eigenvalue weighted by molar-refractivity contribution is 7.92. The Morgan fingerprint density at radius 3 is 2.47 bits per heavy atom. The van der Waals surface area contributed by atoms with E-state index < -0.39 is 15.9 Å². The van der Waals surface area contributed by atoms with Crippen LogP contribution in [-0.4, -0.2) is 37.4 Å². The summed E-state index contributed by atoms with van der Waals surface area (Å²) in [6, 6.07) is 13.0. The third-order valence-corrected chi connectivity index (χ3v) is 6.51. The molecule has 3 rings (SSSR count). The Bertz CT molecular complexity index is 1050. The maximum atomic E-state index is 12.7. The molecule has 0 radical (unpaired) electrons. The average Bonchev–Trinajstić information content (AvgIpc) is 3.06. The van der Waals surface area contributed by atoms with Gasteiger partial charge in [-0.05, 0) is 50.1 Å². The zero-order chi connectivity index (χ0) is 21.9. The normalized spacial score (nSPS) is 16.6. The molecule has 0 spiro atoms. The van der Waals surface area contributed by atoms with Crippen molar-refractivity contribution in [3.8, 4) is 0 Å². The van der Waals surface area contributed by atoms with Crippen LogP contribution < -0.4 is 10.0 Å². The zero-order valence-corrected chi connectivity index (χ0v) is 18.3. The van der Waals surface area contributed by atoms with Crippen LogP contribution in [0.3, 0.4) is 0 Å². The maximum absolute atomic E-state index is 12.7. The second-order valence-electron chi connectivity index (χ2n) is 7.69. The minimum Gasteiger partial charge on any atom is -0.338 e. The first-order valence-corrected chi connectivity index (χ1v) is 11.6. The van der Waals surface area contributed by atoms with Crippen LogP contribution in [0.5, 0.6) is 0 Å². The number of anilines is 2. The van der Waals surface area contributed by atoms with E-state index in [0.717, 1.165) is 11.1 Å². The lowest BCUT2D eigenvalue weighted by molar-refractivity contribution is -0.128. The van der Waals surface area contributed by atoms with Gasteiger partial charge in [0, 0.05) is 25.2 Å². The van der Waals surface area contributed by atoms with Gasteiger partial charge in [0.2, 0.25) is 21.8 Å². The van der Waals surface area contributed by atoms with E-state index in [2.05, 4.69) is 10.0 Å². The molecule has 1 saturated heterocycles. The number of amides is 2. The molecule has 1 heterocycles. The molecule has 7 nitrogen and oxygen atoms in total. The van der Waals surface area contributed by atoms with E-state index in [-0.39, 0.29) is 24.0 Å². The van der Waals surface area contributed by atoms with E-state index in [0.29, 0.717) is 30.0 Å². The number of hydrogen-bond donors (Lipinski definition) is 2. The van der Waals surface area contributed by atoms with Crippen LogP contribution in [0.4, 0.5) is 11.4 Å². The molecule has 1 aliphatic heterocycles. The van der Waals surface area contributed by atoms with Crippen molar-refractivity contribution in [3.63, 3.8) is 0 Å². The molecule has 0 aromatic heterocycles. The number of likely N-dealkylation sites (tertiary alicyclic amines) is 1. The SMILES string of the molecule is CCS(=O)(=O)Nc1ccc(NC(=O)C2CC(=O)N(Cc3ccc(C)cc3)C2)cc1C. The molecule has 30 heavy (non-hydrogen) atoms. The van der Waals surface area contributed by atoms with Crippen molar-refractivity contribution >= 4 is 33.2 Å². The third kappa shape index (κ3) is 5.38. The summed E-state index contributed by atoms with van der Waals surface area (Å²) in [4.78, 5) is 26.7. The van der Waals surface area contributed by atoms with Gasteiger partial charge in [0.25, 0.3) is 0 Å². The van der Waals surface area contributed by atoms with Crippen molar-refractivity contribution in [2.24, 2.45) is 5.92 Å². The van der Waals surface area contributed by atoms with Crippen LogP contribution in [0.2, 0.25) is 0 Å². The summed E-state index contributed by atoms with van der Waals surface area (Å²) in [5.41, 5.74) is 3.95. The van der Waals surface area contributed by atoms with Crippen LogP contribution in [0.25, 0.3) is 0 Å². The highest BCUT2D eigenvalue weighted by Gasteiger charge is 2.34. The number of benzene rings is 2. The summed E-state index contributed by atoms with van der Waals surface area (Å²) in [5, 5.41) is 2.85. The van der Waals surface area contributed by atoms with Crippen LogP contribution in [0, 0.1) is 19.8 Å². The molecule has 1 aliphatic rings. The van der Waals surface area contributed by atoms with Gasteiger partial charge < -0.3 is 10.2 Å². The summed E-state index contributed by atoms with van der Waals surface area (Å²) in [5.74, 6) is -0.673. The summed E-state index contributed by atoms with van der Waals surface area (Å²) >= 11 is 0. The standard InChI is InChI=1S/C22H27N3O4S/c1-4-30(28,29)24-20-10-9-19(11-16(20)3)23-22(27)18-12-21(26)25(14-18)13-17-7-5-15(2)6-8-17/h5-11,18,24H,4,12-14H2,1-3H3,(H,23,27). The quantitative estimate of drug-likeness (QED) is 0.707. The fourth-order valence-corrected chi connectivity index (χ4v) is 4.06. The molecule has 1 fully saturated rings. The molecule has 2 N–H and O–H groups in total. The second-order valence-corrected chi connectivity index (χ2v) is 9.70. The molecule has 0 saturated carbocycles. The van der Waals surface area contributed by atoms with Crippen molar-refractivity contribution in [1.29, 1.82) is 0 Å². The zero-order valence-electron chi connectivity index (χ0n) is 17.4. The Hall–Kier alpha value is -2.87. The lowest BCUT2D eigenvalue weighted by Gasteiger charge is -2.17. The Labute approximate surface area is 177 Å². The van der Waals surface area contributed by atoms with Crippen molar-refractivity contribution in [2.45, 2.75) is 33.7 Å². The Kier molecular flexibility index (Phi) is 6.45. The van der Waals surface area contributed by atoms with Gasteiger partial charge in [-0.15, -0.1) is 0 Å². The number of aryl methyl sites for hydroxylation is 2. The van der Waals surface area contributed by atoms with Gasteiger partial charge in [-0.3, -0.25) is 14.3 Å². The molecule has 8 heteroatoms. The van der Waals surface area contributed by atoms with Gasteiger partial charge in [-0.2, -0.15) is 0 Å². The molecule has 2 amide bonds. The number of rotatable bonds is 7. The molecule has 1 unspecified atom stereocenters. The Balaban J connectivity index is 1.61. The second kappa shape index (κ2) is 8.87. The smallest absolute Gasteiger partial charge is 0.232 e. The van der Waals surface area contributed by atoms with E-state index in [4.69, 9.17) is 0 Å². The number of hydrogen-bond acceptors (Lipinski definition) is 4. The predicted molar refractivity (Wildman–Crippen MR) is 118 cm³/mol. The predicted octanol–water partition coefficient (Wildman–Crippen LogP) is 3.05. The molecule has 0 bridgehead atoms. The fraction of sp³-hybridized carbons (Fsp3) is 0.364. The first-order valence-electron chi connectivity index (χ1n) is 9.92. The first-order chi connectivity index (χ1) is 14.2. The lowest BCUT2D eigenvalue weighted by atomic mass is 10.1. The van der Waals surface area contributed by atoms with Crippen molar-refractivity contribution in [2.75, 3.05) is 22.3 Å². The summed E-state index contributed by atoms with van der Waals surface area (Å²) in [6.45, 7) is 6.22. The maximum Gasteiger partial charge on any atom is 0.232 e.